The van der Waals surface area contributed by atoms with E-state index in [1.54, 1.807) is 13.3 Å². The predicted molar refractivity (Wildman–Crippen MR) is 84.1 cm³/mol. The number of rotatable bonds is 6. The molecule has 1 aliphatic carbocycles. The number of nitrogens with one attached hydrogen (secondary N) is 1. The first-order valence-electron chi connectivity index (χ1n) is 7.77. The highest BCUT2D eigenvalue weighted by molar-refractivity contribution is 6.05. The molecule has 1 fully saturated rings. The molecule has 2 aromatic heterocycles. The second-order valence-corrected chi connectivity index (χ2v) is 6.04. The van der Waals surface area contributed by atoms with Gasteiger partial charge in [-0.15, -0.1) is 0 Å². The van der Waals surface area contributed by atoms with Gasteiger partial charge in [0, 0.05) is 31.3 Å². The van der Waals surface area contributed by atoms with E-state index in [4.69, 9.17) is 9.72 Å². The number of carbonyl (C=O) groups excluding carboxylic acids is 1. The van der Waals surface area contributed by atoms with Crippen LogP contribution in [0.2, 0.25) is 0 Å². The second-order valence-electron chi connectivity index (χ2n) is 6.04. The van der Waals surface area contributed by atoms with Gasteiger partial charge in [-0.1, -0.05) is 0 Å². The van der Waals surface area contributed by atoms with Crippen LogP contribution < -0.4 is 5.32 Å². The molecule has 0 saturated heterocycles. The maximum Gasteiger partial charge on any atom is 0.252 e. The molecule has 0 bridgehead atoms. The molecule has 2 aromatic rings. The van der Waals surface area contributed by atoms with E-state index >= 15 is 0 Å². The largest absolute Gasteiger partial charge is 0.383 e. The zero-order chi connectivity index (χ0) is 15.7. The maximum atomic E-state index is 12.5. The van der Waals surface area contributed by atoms with Gasteiger partial charge in [-0.3, -0.25) is 4.79 Å². The fourth-order valence-corrected chi connectivity index (χ4v) is 2.55. The molecule has 0 unspecified atom stereocenters. The number of ether oxygens (including phenoxy) is 1. The van der Waals surface area contributed by atoms with Crippen molar-refractivity contribution < 1.29 is 9.53 Å². The van der Waals surface area contributed by atoms with Crippen molar-refractivity contribution >= 4 is 16.9 Å². The van der Waals surface area contributed by atoms with Crippen molar-refractivity contribution in [1.29, 1.82) is 0 Å². The van der Waals surface area contributed by atoms with Gasteiger partial charge in [0.2, 0.25) is 0 Å². The summed E-state index contributed by atoms with van der Waals surface area (Å²) in [7, 11) is 1.62. The fraction of sp³-hybridized carbons (Fsp3) is 0.562. The molecule has 118 valence electrons. The smallest absolute Gasteiger partial charge is 0.252 e. The lowest BCUT2D eigenvalue weighted by Crippen LogP contribution is -2.27. The molecule has 0 aliphatic heterocycles. The molecule has 1 amide bonds. The van der Waals surface area contributed by atoms with Crippen LogP contribution in [-0.4, -0.2) is 40.9 Å². The normalized spacial score (nSPS) is 14.7. The summed E-state index contributed by atoms with van der Waals surface area (Å²) in [6, 6.07) is 2.14. The topological polar surface area (TPSA) is 69.0 Å². The number of hydrogen-bond acceptors (Lipinski definition) is 4. The van der Waals surface area contributed by atoms with Gasteiger partial charge in [0.15, 0.2) is 5.65 Å². The minimum Gasteiger partial charge on any atom is -0.383 e. The second kappa shape index (κ2) is 6.04. The first-order valence-corrected chi connectivity index (χ1v) is 7.77. The maximum absolute atomic E-state index is 12.5. The molecular formula is C16H22N4O2. The zero-order valence-electron chi connectivity index (χ0n) is 13.3. The summed E-state index contributed by atoms with van der Waals surface area (Å²) in [6.45, 7) is 5.13. The molecule has 0 aromatic carbocycles. The highest BCUT2D eigenvalue weighted by Gasteiger charge is 2.28. The van der Waals surface area contributed by atoms with E-state index in [1.165, 1.54) is 0 Å². The van der Waals surface area contributed by atoms with E-state index in [1.807, 2.05) is 10.7 Å². The molecule has 0 atom stereocenters. The van der Waals surface area contributed by atoms with E-state index in [0.29, 0.717) is 24.6 Å². The number of hydrogen-bond donors (Lipinski definition) is 1. The van der Waals surface area contributed by atoms with E-state index in [0.717, 1.165) is 29.6 Å². The predicted octanol–water partition coefficient (Wildman–Crippen LogP) is 2.27. The quantitative estimate of drug-likeness (QED) is 0.831. The van der Waals surface area contributed by atoms with Gasteiger partial charge in [-0.25, -0.2) is 9.67 Å². The van der Waals surface area contributed by atoms with Crippen LogP contribution in [0.4, 0.5) is 0 Å². The van der Waals surface area contributed by atoms with Crippen LogP contribution in [0.15, 0.2) is 12.3 Å². The van der Waals surface area contributed by atoms with Gasteiger partial charge in [0.25, 0.3) is 5.91 Å². The molecular weight excluding hydrogens is 280 g/mol. The Labute approximate surface area is 129 Å². The molecule has 22 heavy (non-hydrogen) atoms. The van der Waals surface area contributed by atoms with Crippen LogP contribution >= 0.6 is 0 Å². The first-order chi connectivity index (χ1) is 10.6. The molecule has 1 saturated carbocycles. The Hall–Kier alpha value is -1.95. The molecule has 3 rings (SSSR count). The summed E-state index contributed by atoms with van der Waals surface area (Å²) in [6.07, 6.45) is 4.04. The summed E-state index contributed by atoms with van der Waals surface area (Å²) < 4.78 is 6.86. The van der Waals surface area contributed by atoms with E-state index in [2.05, 4.69) is 24.3 Å². The van der Waals surface area contributed by atoms with Gasteiger partial charge in [-0.2, -0.15) is 5.10 Å². The number of pyridine rings is 1. The van der Waals surface area contributed by atoms with Gasteiger partial charge >= 0.3 is 0 Å². The summed E-state index contributed by atoms with van der Waals surface area (Å²) in [5.41, 5.74) is 2.47. The van der Waals surface area contributed by atoms with Gasteiger partial charge < -0.3 is 10.1 Å². The standard InChI is InChI=1S/C16H22N4O2/c1-10(2)20-15-13(9-18-20)12(16(21)17-6-7-22-3)8-14(19-15)11-4-5-11/h8-11H,4-7H2,1-3H3,(H,17,21). The minimum absolute atomic E-state index is 0.0883. The summed E-state index contributed by atoms with van der Waals surface area (Å²) in [5.74, 6) is 0.403. The van der Waals surface area contributed by atoms with Crippen LogP contribution in [0.5, 0.6) is 0 Å². The summed E-state index contributed by atoms with van der Waals surface area (Å²) >= 11 is 0. The van der Waals surface area contributed by atoms with Crippen molar-refractivity contribution in [2.75, 3.05) is 20.3 Å². The van der Waals surface area contributed by atoms with Crippen molar-refractivity contribution in [2.45, 2.75) is 38.6 Å². The number of amides is 1. The Morgan fingerprint density at radius 2 is 2.27 bits per heavy atom. The SMILES string of the molecule is COCCNC(=O)c1cc(C2CC2)nc2c1cnn2C(C)C. The number of nitrogens with zero attached hydrogens (tertiary/aromatic N) is 3. The van der Waals surface area contributed by atoms with Crippen molar-refractivity contribution in [2.24, 2.45) is 0 Å². The lowest BCUT2D eigenvalue weighted by atomic mass is 10.1. The molecule has 1 aliphatic rings. The van der Waals surface area contributed by atoms with Crippen LogP contribution in [0, 0.1) is 0 Å². The van der Waals surface area contributed by atoms with E-state index < -0.39 is 0 Å². The molecule has 1 N–H and O–H groups in total. The van der Waals surface area contributed by atoms with Crippen LogP contribution in [0.1, 0.15) is 54.7 Å². The molecule has 0 radical (unpaired) electrons. The third kappa shape index (κ3) is 2.83. The molecule has 6 nitrogen and oxygen atoms in total. The summed E-state index contributed by atoms with van der Waals surface area (Å²) in [4.78, 5) is 17.2. The zero-order valence-corrected chi connectivity index (χ0v) is 13.3. The Kier molecular flexibility index (Phi) is 4.11. The van der Waals surface area contributed by atoms with Gasteiger partial charge in [0.05, 0.1) is 23.8 Å². The Morgan fingerprint density at radius 3 is 2.91 bits per heavy atom. The highest BCUT2D eigenvalue weighted by Crippen LogP contribution is 2.40. The average Bonchev–Trinajstić information content (AvgIpc) is 3.25. The Morgan fingerprint density at radius 1 is 1.50 bits per heavy atom. The van der Waals surface area contributed by atoms with Gasteiger partial charge in [-0.05, 0) is 32.8 Å². The molecule has 6 heteroatoms. The highest BCUT2D eigenvalue weighted by atomic mass is 16.5. The lowest BCUT2D eigenvalue weighted by molar-refractivity contribution is 0.0938. The van der Waals surface area contributed by atoms with Crippen molar-refractivity contribution in [3.63, 3.8) is 0 Å². The van der Waals surface area contributed by atoms with Crippen LogP contribution in [0.3, 0.4) is 0 Å². The van der Waals surface area contributed by atoms with Crippen LogP contribution in [-0.2, 0) is 4.74 Å². The van der Waals surface area contributed by atoms with E-state index in [9.17, 15) is 4.79 Å². The van der Waals surface area contributed by atoms with Crippen molar-refractivity contribution in [3.8, 4) is 0 Å². The van der Waals surface area contributed by atoms with E-state index in [-0.39, 0.29) is 11.9 Å². The number of fused-ring (bicyclic) bond motifs is 1. The molecule has 2 heterocycles. The fourth-order valence-electron chi connectivity index (χ4n) is 2.55. The Bertz CT molecular complexity index is 689. The van der Waals surface area contributed by atoms with Crippen molar-refractivity contribution in [1.82, 2.24) is 20.1 Å². The summed E-state index contributed by atoms with van der Waals surface area (Å²) in [5, 5.41) is 8.11. The third-order valence-electron chi connectivity index (χ3n) is 3.91. The van der Waals surface area contributed by atoms with Gasteiger partial charge in [0.1, 0.15) is 0 Å². The number of aromatic nitrogens is 3. The lowest BCUT2D eigenvalue weighted by Gasteiger charge is -2.10. The third-order valence-corrected chi connectivity index (χ3v) is 3.91. The Balaban J connectivity index is 2.01. The number of methoxy groups -OCH3 is 1. The first kappa shape index (κ1) is 15.0. The molecule has 0 spiro atoms. The number of carbonyl (C=O) groups is 1. The minimum atomic E-state index is -0.0883. The average molecular weight is 302 g/mol. The van der Waals surface area contributed by atoms with Crippen LogP contribution in [0.25, 0.3) is 11.0 Å². The van der Waals surface area contributed by atoms with Crippen molar-refractivity contribution in [3.05, 3.63) is 23.5 Å². The monoisotopic (exact) mass is 302 g/mol.